The van der Waals surface area contributed by atoms with E-state index in [4.69, 9.17) is 4.74 Å². The monoisotopic (exact) mass is 389 g/mol. The highest BCUT2D eigenvalue weighted by molar-refractivity contribution is 5.91. The third-order valence-corrected chi connectivity index (χ3v) is 4.38. The number of rotatable bonds is 6. The van der Waals surface area contributed by atoms with Gasteiger partial charge < -0.3 is 10.1 Å². The average Bonchev–Trinajstić information content (AvgIpc) is 3.11. The summed E-state index contributed by atoms with van der Waals surface area (Å²) in [5.41, 5.74) is 1.51. The molecule has 8 nitrogen and oxygen atoms in total. The smallest absolute Gasteiger partial charge is 0.254 e. The first-order valence-corrected chi connectivity index (χ1v) is 9.06. The molecule has 2 N–H and O–H groups in total. The van der Waals surface area contributed by atoms with E-state index in [1.165, 1.54) is 10.6 Å². The van der Waals surface area contributed by atoms with E-state index in [1.807, 2.05) is 42.5 Å². The van der Waals surface area contributed by atoms with Crippen molar-refractivity contribution in [1.82, 2.24) is 19.6 Å². The summed E-state index contributed by atoms with van der Waals surface area (Å²) in [5, 5.41) is 7.19. The molecule has 0 atom stereocenters. The van der Waals surface area contributed by atoms with Crippen molar-refractivity contribution in [3.05, 3.63) is 88.0 Å². The van der Waals surface area contributed by atoms with Crippen molar-refractivity contribution >= 4 is 17.5 Å². The van der Waals surface area contributed by atoms with Crippen LogP contribution in [0.1, 0.15) is 17.0 Å². The number of hydrogen-bond acceptors (Lipinski definition) is 5. The van der Waals surface area contributed by atoms with Crippen molar-refractivity contribution in [3.8, 4) is 5.75 Å². The van der Waals surface area contributed by atoms with Crippen LogP contribution < -0.4 is 15.6 Å². The molecule has 0 bridgehead atoms. The highest BCUT2D eigenvalue weighted by atomic mass is 16.5. The standard InChI is InChI=1S/C21H19N5O3/c1-29-16-9-7-15(8-10-16)12-19(27)23-18-13-20(28)24-21-22-17(25-26(18)21)11-14-5-3-2-4-6-14/h2-10,13H,11-12H2,1H3,(H,23,27)(H,22,24,25,28). The van der Waals surface area contributed by atoms with Crippen molar-refractivity contribution in [2.24, 2.45) is 0 Å². The molecular formula is C21H19N5O3. The van der Waals surface area contributed by atoms with E-state index in [9.17, 15) is 9.59 Å². The molecule has 2 aromatic heterocycles. The Morgan fingerprint density at radius 1 is 1.10 bits per heavy atom. The lowest BCUT2D eigenvalue weighted by atomic mass is 10.1. The van der Waals surface area contributed by atoms with Gasteiger partial charge in [-0.15, -0.1) is 5.10 Å². The van der Waals surface area contributed by atoms with Gasteiger partial charge in [-0.2, -0.15) is 9.50 Å². The Balaban J connectivity index is 1.55. The second kappa shape index (κ2) is 7.97. The number of carbonyl (C=O) groups is 1. The molecule has 0 saturated heterocycles. The fourth-order valence-electron chi connectivity index (χ4n) is 2.99. The molecule has 8 heteroatoms. The summed E-state index contributed by atoms with van der Waals surface area (Å²) < 4.78 is 6.55. The fraction of sp³-hybridized carbons (Fsp3) is 0.143. The van der Waals surface area contributed by atoms with Crippen LogP contribution in [0.2, 0.25) is 0 Å². The van der Waals surface area contributed by atoms with Gasteiger partial charge in [-0.05, 0) is 23.3 Å². The number of H-pyrrole nitrogens is 1. The summed E-state index contributed by atoms with van der Waals surface area (Å²) in [6.07, 6.45) is 0.674. The number of aromatic nitrogens is 4. The minimum atomic E-state index is -0.365. The summed E-state index contributed by atoms with van der Waals surface area (Å²) in [6, 6.07) is 18.3. The maximum atomic E-state index is 12.5. The van der Waals surface area contributed by atoms with Crippen LogP contribution in [-0.4, -0.2) is 32.6 Å². The van der Waals surface area contributed by atoms with Crippen LogP contribution >= 0.6 is 0 Å². The molecule has 0 aliphatic rings. The van der Waals surface area contributed by atoms with E-state index < -0.39 is 0 Å². The highest BCUT2D eigenvalue weighted by Crippen LogP contribution is 2.13. The summed E-state index contributed by atoms with van der Waals surface area (Å²) in [7, 11) is 1.59. The molecule has 1 amide bonds. The number of nitrogens with zero attached hydrogens (tertiary/aromatic N) is 3. The number of methoxy groups -OCH3 is 1. The second-order valence-electron chi connectivity index (χ2n) is 6.52. The van der Waals surface area contributed by atoms with E-state index in [2.05, 4.69) is 20.4 Å². The number of fused-ring (bicyclic) bond motifs is 1. The van der Waals surface area contributed by atoms with E-state index in [-0.39, 0.29) is 29.5 Å². The minimum absolute atomic E-state index is 0.157. The van der Waals surface area contributed by atoms with Crippen LogP contribution in [-0.2, 0) is 17.6 Å². The molecule has 0 saturated carbocycles. The normalized spacial score (nSPS) is 10.8. The molecule has 146 valence electrons. The lowest BCUT2D eigenvalue weighted by Crippen LogP contribution is -2.20. The Morgan fingerprint density at radius 2 is 1.86 bits per heavy atom. The van der Waals surface area contributed by atoms with Crippen molar-refractivity contribution in [2.75, 3.05) is 12.4 Å². The quantitative estimate of drug-likeness (QED) is 0.526. The number of amides is 1. The zero-order valence-corrected chi connectivity index (χ0v) is 15.8. The van der Waals surface area contributed by atoms with Crippen molar-refractivity contribution in [1.29, 1.82) is 0 Å². The van der Waals surface area contributed by atoms with Gasteiger partial charge in [0.15, 0.2) is 5.82 Å². The lowest BCUT2D eigenvalue weighted by Gasteiger charge is -2.07. The molecule has 2 heterocycles. The Bertz CT molecular complexity index is 1200. The van der Waals surface area contributed by atoms with E-state index in [0.717, 1.165) is 16.9 Å². The Labute approximate surface area is 166 Å². The maximum Gasteiger partial charge on any atom is 0.254 e. The Kier molecular flexibility index (Phi) is 5.07. The molecule has 0 aliphatic heterocycles. The SMILES string of the molecule is COc1ccc(CC(=O)Nc2cc(=O)[nH]c3nc(Cc4ccccc4)nn23)cc1. The van der Waals surface area contributed by atoms with Gasteiger partial charge in [0, 0.05) is 12.5 Å². The van der Waals surface area contributed by atoms with Crippen LogP contribution in [0.5, 0.6) is 5.75 Å². The summed E-state index contributed by atoms with van der Waals surface area (Å²) in [4.78, 5) is 31.5. The van der Waals surface area contributed by atoms with E-state index in [0.29, 0.717) is 12.2 Å². The van der Waals surface area contributed by atoms with Gasteiger partial charge in [-0.25, -0.2) is 0 Å². The summed E-state index contributed by atoms with van der Waals surface area (Å²) in [6.45, 7) is 0. The average molecular weight is 389 g/mol. The van der Waals surface area contributed by atoms with Gasteiger partial charge in [0.2, 0.25) is 11.7 Å². The minimum Gasteiger partial charge on any atom is -0.497 e. The molecule has 4 rings (SSSR count). The molecule has 4 aromatic rings. The van der Waals surface area contributed by atoms with E-state index >= 15 is 0 Å². The maximum absolute atomic E-state index is 12.5. The molecule has 0 aliphatic carbocycles. The van der Waals surface area contributed by atoms with Crippen molar-refractivity contribution < 1.29 is 9.53 Å². The Morgan fingerprint density at radius 3 is 2.59 bits per heavy atom. The molecule has 29 heavy (non-hydrogen) atoms. The predicted octanol–water partition coefficient (Wildman–Crippen LogP) is 2.20. The third-order valence-electron chi connectivity index (χ3n) is 4.38. The van der Waals surface area contributed by atoms with Gasteiger partial charge in [-0.3, -0.25) is 14.6 Å². The van der Waals surface area contributed by atoms with Gasteiger partial charge in [0.25, 0.3) is 5.56 Å². The first kappa shape index (κ1) is 18.4. The topological polar surface area (TPSA) is 101 Å². The highest BCUT2D eigenvalue weighted by Gasteiger charge is 2.13. The lowest BCUT2D eigenvalue weighted by molar-refractivity contribution is -0.115. The van der Waals surface area contributed by atoms with Gasteiger partial charge >= 0.3 is 0 Å². The van der Waals surface area contributed by atoms with Crippen LogP contribution in [0.3, 0.4) is 0 Å². The summed E-state index contributed by atoms with van der Waals surface area (Å²) >= 11 is 0. The molecule has 0 spiro atoms. The van der Waals surface area contributed by atoms with E-state index in [1.54, 1.807) is 19.2 Å². The fourth-order valence-corrected chi connectivity index (χ4v) is 2.99. The van der Waals surface area contributed by atoms with Gasteiger partial charge in [0.1, 0.15) is 11.6 Å². The number of ether oxygens (including phenoxy) is 1. The number of carbonyl (C=O) groups excluding carboxylic acids is 1. The number of hydrogen-bond donors (Lipinski definition) is 2. The first-order valence-electron chi connectivity index (χ1n) is 9.06. The zero-order valence-electron chi connectivity index (χ0n) is 15.8. The first-order chi connectivity index (χ1) is 14.1. The number of nitrogens with one attached hydrogen (secondary N) is 2. The van der Waals surface area contributed by atoms with Crippen LogP contribution in [0.25, 0.3) is 5.78 Å². The predicted molar refractivity (Wildman–Crippen MR) is 108 cm³/mol. The molecular weight excluding hydrogens is 370 g/mol. The van der Waals surface area contributed by atoms with Crippen LogP contribution in [0.4, 0.5) is 5.82 Å². The summed E-state index contributed by atoms with van der Waals surface area (Å²) in [5.74, 6) is 1.56. The number of aromatic amines is 1. The van der Waals surface area contributed by atoms with Crippen LogP contribution in [0, 0.1) is 0 Å². The number of anilines is 1. The molecule has 2 aromatic carbocycles. The van der Waals surface area contributed by atoms with Gasteiger partial charge in [-0.1, -0.05) is 42.5 Å². The molecule has 0 radical (unpaired) electrons. The third kappa shape index (κ3) is 4.32. The number of benzene rings is 2. The van der Waals surface area contributed by atoms with Crippen molar-refractivity contribution in [3.63, 3.8) is 0 Å². The molecule has 0 fully saturated rings. The van der Waals surface area contributed by atoms with Gasteiger partial charge in [0.05, 0.1) is 13.5 Å². The second-order valence-corrected chi connectivity index (χ2v) is 6.52. The zero-order chi connectivity index (χ0) is 20.2. The van der Waals surface area contributed by atoms with Crippen molar-refractivity contribution in [2.45, 2.75) is 12.8 Å². The largest absolute Gasteiger partial charge is 0.497 e. The van der Waals surface area contributed by atoms with Crippen LogP contribution in [0.15, 0.2) is 65.5 Å². The molecule has 0 unspecified atom stereocenters. The Hall–Kier alpha value is -3.94.